The van der Waals surface area contributed by atoms with Crippen molar-refractivity contribution in [2.45, 2.75) is 25.8 Å². The summed E-state index contributed by atoms with van der Waals surface area (Å²) in [6.45, 7) is 3.65. The van der Waals surface area contributed by atoms with Crippen molar-refractivity contribution >= 4 is 18.3 Å². The Kier molecular flexibility index (Phi) is 6.19. The molecule has 0 aliphatic carbocycles. The maximum Gasteiger partial charge on any atom is 0.225 e. The fourth-order valence-electron chi connectivity index (χ4n) is 2.69. The van der Waals surface area contributed by atoms with Gasteiger partial charge in [-0.05, 0) is 26.3 Å². The van der Waals surface area contributed by atoms with Crippen molar-refractivity contribution in [2.75, 3.05) is 13.1 Å². The maximum atomic E-state index is 12.2. The van der Waals surface area contributed by atoms with Crippen LogP contribution in [0.15, 0.2) is 40.9 Å². The maximum absolute atomic E-state index is 12.2. The van der Waals surface area contributed by atoms with Gasteiger partial charge in [0.05, 0.1) is 12.1 Å². The third-order valence-corrected chi connectivity index (χ3v) is 3.98. The molecular weight excluding hydrogens is 314 g/mol. The molecule has 2 unspecified atom stereocenters. The van der Waals surface area contributed by atoms with Gasteiger partial charge < -0.3 is 15.1 Å². The zero-order valence-corrected chi connectivity index (χ0v) is 13.9. The zero-order valence-electron chi connectivity index (χ0n) is 13.1. The van der Waals surface area contributed by atoms with Gasteiger partial charge >= 0.3 is 0 Å². The van der Waals surface area contributed by atoms with E-state index in [0.29, 0.717) is 5.89 Å². The number of carbonyl (C=O) groups excluding carboxylic acids is 1. The summed E-state index contributed by atoms with van der Waals surface area (Å²) in [5, 5.41) is 6.25. The smallest absolute Gasteiger partial charge is 0.225 e. The molecule has 23 heavy (non-hydrogen) atoms. The predicted octanol–water partition coefficient (Wildman–Crippen LogP) is 2.94. The summed E-state index contributed by atoms with van der Waals surface area (Å²) in [5.41, 5.74) is 0.983. The van der Waals surface area contributed by atoms with Crippen LogP contribution in [0.2, 0.25) is 0 Å². The highest BCUT2D eigenvalue weighted by Gasteiger charge is 2.24. The first-order chi connectivity index (χ1) is 10.7. The second-order valence-electron chi connectivity index (χ2n) is 5.70. The van der Waals surface area contributed by atoms with E-state index in [2.05, 4.69) is 15.6 Å². The number of hydrogen-bond acceptors (Lipinski definition) is 4. The zero-order chi connectivity index (χ0) is 15.4. The topological polar surface area (TPSA) is 67.2 Å². The van der Waals surface area contributed by atoms with E-state index in [4.69, 9.17) is 4.42 Å². The second kappa shape index (κ2) is 8.13. The standard InChI is InChI=1S/C17H21N3O2.ClH/c1-12(20-16(21)14-8-5-9-18-10-14)17-19-11-15(22-17)13-6-3-2-4-7-13;/h2-4,6-7,11-12,14,18H,5,8-10H2,1H3,(H,20,21);1H. The van der Waals surface area contributed by atoms with E-state index in [-0.39, 0.29) is 30.3 Å². The van der Waals surface area contributed by atoms with Crippen LogP contribution in [0.25, 0.3) is 11.3 Å². The molecule has 1 aromatic carbocycles. The second-order valence-corrected chi connectivity index (χ2v) is 5.70. The average molecular weight is 336 g/mol. The molecule has 1 fully saturated rings. The number of benzene rings is 1. The number of piperidine rings is 1. The molecule has 0 saturated carbocycles. The summed E-state index contributed by atoms with van der Waals surface area (Å²) in [5.74, 6) is 1.37. The van der Waals surface area contributed by atoms with Gasteiger partial charge in [0.25, 0.3) is 0 Å². The molecule has 0 radical (unpaired) electrons. The first-order valence-electron chi connectivity index (χ1n) is 7.76. The quantitative estimate of drug-likeness (QED) is 0.901. The molecule has 2 N–H and O–H groups in total. The highest BCUT2D eigenvalue weighted by molar-refractivity contribution is 5.85. The molecule has 1 aliphatic rings. The third-order valence-electron chi connectivity index (χ3n) is 3.98. The van der Waals surface area contributed by atoms with Crippen LogP contribution in [0.3, 0.4) is 0 Å². The van der Waals surface area contributed by atoms with Crippen molar-refractivity contribution in [2.24, 2.45) is 5.92 Å². The van der Waals surface area contributed by atoms with Gasteiger partial charge in [-0.3, -0.25) is 4.79 Å². The van der Waals surface area contributed by atoms with E-state index >= 15 is 0 Å². The van der Waals surface area contributed by atoms with Crippen LogP contribution in [0.1, 0.15) is 31.7 Å². The molecule has 124 valence electrons. The first-order valence-corrected chi connectivity index (χ1v) is 7.76. The molecule has 1 aromatic heterocycles. The fourth-order valence-corrected chi connectivity index (χ4v) is 2.69. The van der Waals surface area contributed by atoms with Crippen LogP contribution in [-0.4, -0.2) is 24.0 Å². The minimum absolute atomic E-state index is 0. The molecule has 2 atom stereocenters. The van der Waals surface area contributed by atoms with Crippen molar-refractivity contribution in [3.63, 3.8) is 0 Å². The minimum atomic E-state index is -0.230. The summed E-state index contributed by atoms with van der Waals surface area (Å²) >= 11 is 0. The van der Waals surface area contributed by atoms with Crippen molar-refractivity contribution in [1.29, 1.82) is 0 Å². The molecule has 1 aliphatic heterocycles. The number of carbonyl (C=O) groups is 1. The molecule has 1 saturated heterocycles. The number of halogens is 1. The van der Waals surface area contributed by atoms with Gasteiger partial charge in [-0.2, -0.15) is 0 Å². The molecule has 0 bridgehead atoms. The number of nitrogens with zero attached hydrogens (tertiary/aromatic N) is 1. The summed E-state index contributed by atoms with van der Waals surface area (Å²) in [6.07, 6.45) is 3.69. The molecule has 0 spiro atoms. The lowest BCUT2D eigenvalue weighted by Gasteiger charge is -2.23. The number of rotatable bonds is 4. The SMILES string of the molecule is CC(NC(=O)C1CCCNC1)c1ncc(-c2ccccc2)o1.Cl. The Morgan fingerprint density at radius 1 is 1.39 bits per heavy atom. The lowest BCUT2D eigenvalue weighted by atomic mass is 9.98. The summed E-state index contributed by atoms with van der Waals surface area (Å²) in [4.78, 5) is 16.5. The van der Waals surface area contributed by atoms with Gasteiger partial charge in [0.1, 0.15) is 6.04 Å². The lowest BCUT2D eigenvalue weighted by molar-refractivity contribution is -0.126. The van der Waals surface area contributed by atoms with Crippen LogP contribution in [0.4, 0.5) is 0 Å². The molecular formula is C17H22ClN3O2. The van der Waals surface area contributed by atoms with E-state index in [1.54, 1.807) is 6.20 Å². The molecule has 6 heteroatoms. The Hall–Kier alpha value is -1.85. The molecule has 3 rings (SSSR count). The number of aromatic nitrogens is 1. The average Bonchev–Trinajstić information content (AvgIpc) is 3.06. The van der Waals surface area contributed by atoms with E-state index in [0.717, 1.165) is 37.3 Å². The highest BCUT2D eigenvalue weighted by atomic mass is 35.5. The van der Waals surface area contributed by atoms with Gasteiger partial charge in [-0.15, -0.1) is 12.4 Å². The number of oxazole rings is 1. The van der Waals surface area contributed by atoms with Gasteiger partial charge in [0, 0.05) is 12.1 Å². The van der Waals surface area contributed by atoms with Crippen LogP contribution < -0.4 is 10.6 Å². The van der Waals surface area contributed by atoms with Crippen molar-refractivity contribution in [1.82, 2.24) is 15.6 Å². The molecule has 1 amide bonds. The number of amides is 1. The number of hydrogen-bond donors (Lipinski definition) is 2. The normalized spacial score (nSPS) is 18.7. The van der Waals surface area contributed by atoms with E-state index in [1.807, 2.05) is 37.3 Å². The van der Waals surface area contributed by atoms with Gasteiger partial charge in [0.15, 0.2) is 5.76 Å². The van der Waals surface area contributed by atoms with Crippen molar-refractivity contribution < 1.29 is 9.21 Å². The first kappa shape index (κ1) is 17.5. The highest BCUT2D eigenvalue weighted by Crippen LogP contribution is 2.23. The van der Waals surface area contributed by atoms with Gasteiger partial charge in [-0.25, -0.2) is 4.98 Å². The molecule has 2 heterocycles. The Morgan fingerprint density at radius 2 is 2.17 bits per heavy atom. The van der Waals surface area contributed by atoms with E-state index < -0.39 is 0 Å². The van der Waals surface area contributed by atoms with Gasteiger partial charge in [-0.1, -0.05) is 30.3 Å². The summed E-state index contributed by atoms with van der Waals surface area (Å²) in [7, 11) is 0. The predicted molar refractivity (Wildman–Crippen MR) is 91.3 cm³/mol. The minimum Gasteiger partial charge on any atom is -0.438 e. The van der Waals surface area contributed by atoms with Crippen LogP contribution in [0, 0.1) is 5.92 Å². The Balaban J connectivity index is 0.00000192. The monoisotopic (exact) mass is 335 g/mol. The molecule has 2 aromatic rings. The largest absolute Gasteiger partial charge is 0.438 e. The molecule has 5 nitrogen and oxygen atoms in total. The Morgan fingerprint density at radius 3 is 2.87 bits per heavy atom. The third kappa shape index (κ3) is 4.33. The van der Waals surface area contributed by atoms with Crippen molar-refractivity contribution in [3.8, 4) is 11.3 Å². The summed E-state index contributed by atoms with van der Waals surface area (Å²) in [6, 6.07) is 9.59. The number of nitrogens with one attached hydrogen (secondary N) is 2. The van der Waals surface area contributed by atoms with Crippen LogP contribution in [0.5, 0.6) is 0 Å². The summed E-state index contributed by atoms with van der Waals surface area (Å²) < 4.78 is 5.78. The van der Waals surface area contributed by atoms with Crippen LogP contribution >= 0.6 is 12.4 Å². The van der Waals surface area contributed by atoms with Gasteiger partial charge in [0.2, 0.25) is 11.8 Å². The van der Waals surface area contributed by atoms with E-state index in [1.165, 1.54) is 0 Å². The fraction of sp³-hybridized carbons (Fsp3) is 0.412. The Bertz CT molecular complexity index is 624. The Labute approximate surface area is 142 Å². The van der Waals surface area contributed by atoms with Crippen LogP contribution in [-0.2, 0) is 4.79 Å². The van der Waals surface area contributed by atoms with Crippen molar-refractivity contribution in [3.05, 3.63) is 42.4 Å². The lowest BCUT2D eigenvalue weighted by Crippen LogP contribution is -2.41. The van der Waals surface area contributed by atoms with E-state index in [9.17, 15) is 4.79 Å².